The van der Waals surface area contributed by atoms with Crippen molar-refractivity contribution in [2.45, 2.75) is 33.1 Å². The molecule has 2 amide bonds. The summed E-state index contributed by atoms with van der Waals surface area (Å²) in [6, 6.07) is 10.3. The Labute approximate surface area is 161 Å². The van der Waals surface area contributed by atoms with Crippen LogP contribution in [0.2, 0.25) is 0 Å². The van der Waals surface area contributed by atoms with Crippen LogP contribution in [0.3, 0.4) is 0 Å². The lowest BCUT2D eigenvalue weighted by Crippen LogP contribution is -2.33. The van der Waals surface area contributed by atoms with Crippen LogP contribution >= 0.6 is 0 Å². The summed E-state index contributed by atoms with van der Waals surface area (Å²) in [7, 11) is 0. The van der Waals surface area contributed by atoms with Gasteiger partial charge in [-0.25, -0.2) is 4.79 Å². The number of nitrogens with zero attached hydrogens (tertiary/aromatic N) is 1. The van der Waals surface area contributed by atoms with Gasteiger partial charge in [-0.05, 0) is 48.2 Å². The largest absolute Gasteiger partial charge is 0.464 e. The van der Waals surface area contributed by atoms with E-state index in [-0.39, 0.29) is 17.5 Å². The smallest absolute Gasteiger partial charge is 0.337 e. The molecule has 0 fully saturated rings. The van der Waals surface area contributed by atoms with Gasteiger partial charge < -0.3 is 9.25 Å². The number of rotatable bonds is 4. The number of amides is 2. The van der Waals surface area contributed by atoms with Crippen LogP contribution in [0.4, 0.5) is 0 Å². The lowest BCUT2D eigenvalue weighted by atomic mass is 9.95. The van der Waals surface area contributed by atoms with Crippen molar-refractivity contribution < 1.29 is 23.6 Å². The summed E-state index contributed by atoms with van der Waals surface area (Å²) < 4.78 is 5.57. The van der Waals surface area contributed by atoms with Gasteiger partial charge in [-0.3, -0.25) is 9.59 Å². The van der Waals surface area contributed by atoms with Gasteiger partial charge in [-0.15, -0.1) is 0 Å². The van der Waals surface area contributed by atoms with Gasteiger partial charge in [0.2, 0.25) is 0 Å². The maximum atomic E-state index is 12.4. The second kappa shape index (κ2) is 6.64. The zero-order valence-electron chi connectivity index (χ0n) is 15.8. The molecule has 0 spiro atoms. The molecule has 6 nitrogen and oxygen atoms in total. The van der Waals surface area contributed by atoms with E-state index in [4.69, 9.17) is 9.25 Å². The third kappa shape index (κ3) is 2.87. The average Bonchev–Trinajstić information content (AvgIpc) is 3.15. The number of aryl methyl sites for hydroxylation is 1. The van der Waals surface area contributed by atoms with E-state index in [2.05, 4.69) is 13.8 Å². The molecule has 142 valence electrons. The molecule has 4 rings (SSSR count). The first-order chi connectivity index (χ1) is 13.4. The number of hydrogen-bond donors (Lipinski definition) is 0. The Kier molecular flexibility index (Phi) is 4.26. The maximum absolute atomic E-state index is 12.4. The van der Waals surface area contributed by atoms with E-state index in [1.165, 1.54) is 24.0 Å². The highest BCUT2D eigenvalue weighted by atomic mass is 16.7. The van der Waals surface area contributed by atoms with Crippen molar-refractivity contribution >= 4 is 28.8 Å². The quantitative estimate of drug-likeness (QED) is 0.638. The molecular weight excluding hydrogens is 358 g/mol. The number of furan rings is 1. The molecule has 6 heteroatoms. The number of benzene rings is 2. The molecule has 0 atom stereocenters. The topological polar surface area (TPSA) is 76.8 Å². The number of hydroxylamine groups is 2. The average molecular weight is 377 g/mol. The molecule has 0 saturated heterocycles. The predicted molar refractivity (Wildman–Crippen MR) is 102 cm³/mol. The van der Waals surface area contributed by atoms with Crippen molar-refractivity contribution in [1.82, 2.24) is 5.06 Å². The Morgan fingerprint density at radius 2 is 1.75 bits per heavy atom. The highest BCUT2D eigenvalue weighted by Crippen LogP contribution is 2.29. The van der Waals surface area contributed by atoms with Crippen LogP contribution < -0.4 is 0 Å². The fourth-order valence-electron chi connectivity index (χ4n) is 3.54. The molecule has 0 radical (unpaired) electrons. The SMILES string of the molecule is Cc1cc2occ(CC(=O)ON3C(=O)c4ccccc4C3=O)c2cc1C(C)C. The minimum atomic E-state index is -0.705. The van der Waals surface area contributed by atoms with E-state index >= 15 is 0 Å². The molecule has 1 aromatic heterocycles. The molecule has 0 aliphatic carbocycles. The highest BCUT2D eigenvalue weighted by Gasteiger charge is 2.38. The van der Waals surface area contributed by atoms with Crippen LogP contribution in [0.5, 0.6) is 0 Å². The summed E-state index contributed by atoms with van der Waals surface area (Å²) in [5.74, 6) is -1.64. The van der Waals surface area contributed by atoms with E-state index in [0.29, 0.717) is 22.1 Å². The van der Waals surface area contributed by atoms with Crippen molar-refractivity contribution in [3.63, 3.8) is 0 Å². The number of fused-ring (bicyclic) bond motifs is 2. The fraction of sp³-hybridized carbons (Fsp3) is 0.227. The lowest BCUT2D eigenvalue weighted by Gasteiger charge is -2.12. The van der Waals surface area contributed by atoms with E-state index in [1.54, 1.807) is 12.1 Å². The van der Waals surface area contributed by atoms with E-state index < -0.39 is 17.8 Å². The van der Waals surface area contributed by atoms with Crippen LogP contribution in [-0.4, -0.2) is 22.8 Å². The molecule has 28 heavy (non-hydrogen) atoms. The molecule has 0 bridgehead atoms. The molecule has 2 heterocycles. The minimum Gasteiger partial charge on any atom is -0.464 e. The summed E-state index contributed by atoms with van der Waals surface area (Å²) in [5, 5.41) is 1.35. The van der Waals surface area contributed by atoms with Gasteiger partial charge in [-0.1, -0.05) is 31.0 Å². The van der Waals surface area contributed by atoms with E-state index in [0.717, 1.165) is 10.9 Å². The Morgan fingerprint density at radius 3 is 2.36 bits per heavy atom. The third-order valence-electron chi connectivity index (χ3n) is 4.95. The third-order valence-corrected chi connectivity index (χ3v) is 4.95. The number of carbonyl (C=O) groups is 3. The first-order valence-corrected chi connectivity index (χ1v) is 9.06. The van der Waals surface area contributed by atoms with Crippen LogP contribution in [0.25, 0.3) is 11.0 Å². The standard InChI is InChI=1S/C22H19NO5/c1-12(2)17-10-18-14(11-27-19(18)8-13(17)3)9-20(24)28-23-21(25)15-6-4-5-7-16(15)22(23)26/h4-8,10-12H,9H2,1-3H3. The predicted octanol–water partition coefficient (Wildman–Crippen LogP) is 4.16. The summed E-state index contributed by atoms with van der Waals surface area (Å²) in [5.41, 5.74) is 4.09. The highest BCUT2D eigenvalue weighted by molar-refractivity contribution is 6.20. The van der Waals surface area contributed by atoms with E-state index in [1.807, 2.05) is 19.1 Å². The van der Waals surface area contributed by atoms with E-state index in [9.17, 15) is 14.4 Å². The molecule has 1 aliphatic heterocycles. The van der Waals surface area contributed by atoms with Crippen LogP contribution in [0, 0.1) is 6.92 Å². The molecule has 0 N–H and O–H groups in total. The number of imide groups is 1. The second-order valence-corrected chi connectivity index (χ2v) is 7.21. The van der Waals surface area contributed by atoms with Gasteiger partial charge >= 0.3 is 5.97 Å². The fourth-order valence-corrected chi connectivity index (χ4v) is 3.54. The van der Waals surface area contributed by atoms with Crippen molar-refractivity contribution in [2.75, 3.05) is 0 Å². The van der Waals surface area contributed by atoms with Gasteiger partial charge in [0.15, 0.2) is 0 Å². The van der Waals surface area contributed by atoms with Crippen LogP contribution in [0.15, 0.2) is 47.1 Å². The number of carbonyl (C=O) groups excluding carboxylic acids is 3. The molecule has 1 aliphatic rings. The Balaban J connectivity index is 1.56. The van der Waals surface area contributed by atoms with Crippen LogP contribution in [0.1, 0.15) is 57.2 Å². The summed E-state index contributed by atoms with van der Waals surface area (Å²) in [6.45, 7) is 6.22. The van der Waals surface area contributed by atoms with Crippen molar-refractivity contribution in [1.29, 1.82) is 0 Å². The Bertz CT molecular complexity index is 1090. The van der Waals surface area contributed by atoms with Gasteiger partial charge in [-0.2, -0.15) is 0 Å². The zero-order valence-corrected chi connectivity index (χ0v) is 15.8. The molecule has 0 saturated carbocycles. The van der Waals surface area contributed by atoms with Crippen molar-refractivity contribution in [3.05, 3.63) is 70.5 Å². The Hall–Kier alpha value is -3.41. The minimum absolute atomic E-state index is 0.110. The monoisotopic (exact) mass is 377 g/mol. The molecule has 2 aromatic carbocycles. The summed E-state index contributed by atoms with van der Waals surface area (Å²) in [4.78, 5) is 42.2. The first-order valence-electron chi connectivity index (χ1n) is 9.06. The molecule has 0 unspecified atom stereocenters. The van der Waals surface area contributed by atoms with Crippen molar-refractivity contribution in [3.8, 4) is 0 Å². The maximum Gasteiger partial charge on any atom is 0.337 e. The summed E-state index contributed by atoms with van der Waals surface area (Å²) >= 11 is 0. The first kappa shape index (κ1) is 18.0. The van der Waals surface area contributed by atoms with Crippen molar-refractivity contribution in [2.24, 2.45) is 0 Å². The van der Waals surface area contributed by atoms with Gasteiger partial charge in [0.1, 0.15) is 5.58 Å². The van der Waals surface area contributed by atoms with Gasteiger partial charge in [0.05, 0.1) is 23.8 Å². The van der Waals surface area contributed by atoms with Crippen LogP contribution in [-0.2, 0) is 16.1 Å². The second-order valence-electron chi connectivity index (χ2n) is 7.21. The summed E-state index contributed by atoms with van der Waals surface area (Å²) in [6.07, 6.45) is 1.40. The van der Waals surface area contributed by atoms with Gasteiger partial charge in [0.25, 0.3) is 11.8 Å². The Morgan fingerprint density at radius 1 is 1.11 bits per heavy atom. The van der Waals surface area contributed by atoms with Gasteiger partial charge in [0, 0.05) is 10.9 Å². The lowest BCUT2D eigenvalue weighted by molar-refractivity contribution is -0.167. The number of hydrogen-bond acceptors (Lipinski definition) is 5. The normalized spacial score (nSPS) is 13.5. The molecular formula is C22H19NO5. The molecule has 3 aromatic rings. The zero-order chi connectivity index (χ0) is 20.0.